The average Bonchev–Trinajstić information content (AvgIpc) is 3.77. The van der Waals surface area contributed by atoms with Gasteiger partial charge in [0, 0.05) is 25.5 Å². The van der Waals surface area contributed by atoms with Crippen LogP contribution in [0.3, 0.4) is 0 Å². The Balaban J connectivity index is 1.34. The van der Waals surface area contributed by atoms with Crippen LogP contribution in [0.5, 0.6) is 0 Å². The number of amides is 4. The molecule has 13 nitrogen and oxygen atoms in total. The summed E-state index contributed by atoms with van der Waals surface area (Å²) in [6.45, 7) is 3.14. The van der Waals surface area contributed by atoms with E-state index in [-0.39, 0.29) is 11.8 Å². The van der Waals surface area contributed by atoms with Gasteiger partial charge in [0.15, 0.2) is 4.87 Å². The van der Waals surface area contributed by atoms with Gasteiger partial charge in [0.05, 0.1) is 17.4 Å². The molecule has 0 radical (unpaired) electrons. The maximum atomic E-state index is 15.5. The molecular formula is C32H32N6O7S6. The molecule has 19 heteroatoms. The number of para-hydroxylation sites is 2. The molecule has 8 fully saturated rings. The molecule has 4 amide bonds. The third-order valence-corrected chi connectivity index (χ3v) is 23.9. The standard InChI is InChI=1S/C32H32N6O7S6/c1-14(2)30-26(45)38-22-29(16-10-6-8-12-18(16)34-22,20(41)32(38,25(44)36(30)4)49-51-50-48-30)28-15-9-5-7-11-17(15)33-21(28)37-23(42)27(13-39)35(3)24(43)31(37,19(28)40)47-46-27/h5-12,14,19-22,33-34,39-41H,13H2,1-4H3/t19-,20-,21-,22+,27?,28?,29?,30?,31-,32-/m0/s1. The minimum absolute atomic E-state index is 0.330. The predicted molar refractivity (Wildman–Crippen MR) is 201 cm³/mol. The highest BCUT2D eigenvalue weighted by atomic mass is 33.7. The second kappa shape index (κ2) is 10.1. The first-order valence-corrected chi connectivity index (χ1v) is 23.3. The highest BCUT2D eigenvalue weighted by Gasteiger charge is 2.92. The molecule has 10 atom stereocenters. The van der Waals surface area contributed by atoms with E-state index in [0.29, 0.717) is 22.5 Å². The molecule has 0 aliphatic carbocycles. The SMILES string of the molecule is CC(C)C12SSSS[C@]3(C(=O)N1C)[C@@H](O)C1(C45c6ccccc6N[C@H]4N4C(=O)C6(CO)SS[C@]4(C(=O)N6C)[C@H]5O)c4ccccc4N[C@@H]1N3C2=O. The lowest BCUT2D eigenvalue weighted by Crippen LogP contribution is -2.79. The molecule has 8 saturated heterocycles. The summed E-state index contributed by atoms with van der Waals surface area (Å²) in [4.78, 5) is 59.2. The molecule has 2 aromatic rings. The van der Waals surface area contributed by atoms with Crippen LogP contribution in [0.4, 0.5) is 11.4 Å². The van der Waals surface area contributed by atoms with E-state index in [4.69, 9.17) is 0 Å². The molecular weight excluding hydrogens is 773 g/mol. The van der Waals surface area contributed by atoms with Crippen LogP contribution in [-0.4, -0.2) is 123 Å². The lowest BCUT2D eigenvalue weighted by molar-refractivity contribution is -0.169. The van der Waals surface area contributed by atoms with Gasteiger partial charge in [-0.05, 0) is 92.0 Å². The van der Waals surface area contributed by atoms with Crippen molar-refractivity contribution >= 4 is 97.8 Å². The number of hydrogen-bond acceptors (Lipinski definition) is 15. The molecule has 4 unspecified atom stereocenters. The molecule has 2 spiro atoms. The van der Waals surface area contributed by atoms with Crippen molar-refractivity contribution in [3.8, 4) is 0 Å². The molecule has 10 aliphatic heterocycles. The second-order valence-electron chi connectivity index (χ2n) is 14.5. The van der Waals surface area contributed by atoms with Crippen LogP contribution >= 0.6 is 62.8 Å². The van der Waals surface area contributed by atoms with Crippen molar-refractivity contribution in [1.82, 2.24) is 19.6 Å². The van der Waals surface area contributed by atoms with Gasteiger partial charge < -0.3 is 35.8 Å². The monoisotopic (exact) mass is 804 g/mol. The van der Waals surface area contributed by atoms with Gasteiger partial charge in [-0.2, -0.15) is 0 Å². The number of rotatable bonds is 3. The molecule has 4 bridgehead atoms. The zero-order valence-electron chi connectivity index (χ0n) is 27.4. The second-order valence-corrected chi connectivity index (χ2v) is 23.2. The van der Waals surface area contributed by atoms with Crippen LogP contribution in [0.2, 0.25) is 0 Å². The van der Waals surface area contributed by atoms with Crippen LogP contribution in [0.25, 0.3) is 0 Å². The quantitative estimate of drug-likeness (QED) is 0.287. The number of piperazine rings is 2. The van der Waals surface area contributed by atoms with Gasteiger partial charge in [-0.1, -0.05) is 50.2 Å². The first-order chi connectivity index (χ1) is 24.3. The molecule has 5 N–H and O–H groups in total. The summed E-state index contributed by atoms with van der Waals surface area (Å²) in [7, 11) is 10.3. The fourth-order valence-corrected chi connectivity index (χ4v) is 22.3. The number of benzene rings is 2. The van der Waals surface area contributed by atoms with Crippen molar-refractivity contribution in [3.05, 3.63) is 59.7 Å². The normalized spacial score (nSPS) is 44.2. The Kier molecular flexibility index (Phi) is 6.66. The number of aliphatic hydroxyl groups excluding tert-OH is 3. The zero-order valence-corrected chi connectivity index (χ0v) is 32.3. The highest BCUT2D eigenvalue weighted by Crippen LogP contribution is 2.78. The predicted octanol–water partition coefficient (Wildman–Crippen LogP) is 2.24. The number of carbonyl (C=O) groups excluding carboxylic acids is 4. The van der Waals surface area contributed by atoms with E-state index >= 15 is 9.59 Å². The summed E-state index contributed by atoms with van der Waals surface area (Å²) >= 11 is 0. The summed E-state index contributed by atoms with van der Waals surface area (Å²) in [5.74, 6) is -2.26. The maximum Gasteiger partial charge on any atom is 0.265 e. The van der Waals surface area contributed by atoms with Crippen LogP contribution in [-0.2, 0) is 30.0 Å². The van der Waals surface area contributed by atoms with Crippen LogP contribution in [0.15, 0.2) is 48.5 Å². The molecule has 10 aliphatic rings. The number of nitrogens with one attached hydrogen (secondary N) is 2. The van der Waals surface area contributed by atoms with Gasteiger partial charge in [0.2, 0.25) is 14.6 Å². The van der Waals surface area contributed by atoms with Gasteiger partial charge in [-0.25, -0.2) is 0 Å². The van der Waals surface area contributed by atoms with E-state index in [0.717, 1.165) is 32.4 Å². The third kappa shape index (κ3) is 3.05. The Bertz CT molecular complexity index is 2020. The number of hydrogen-bond donors (Lipinski definition) is 5. The number of aliphatic hydroxyl groups is 3. The van der Waals surface area contributed by atoms with Crippen molar-refractivity contribution in [2.24, 2.45) is 5.92 Å². The number of likely N-dealkylation sites (N-methyl/N-ethyl adjacent to an activating group) is 2. The van der Waals surface area contributed by atoms with Crippen molar-refractivity contribution in [3.63, 3.8) is 0 Å². The van der Waals surface area contributed by atoms with Gasteiger partial charge >= 0.3 is 0 Å². The Labute approximate surface area is 315 Å². The van der Waals surface area contributed by atoms with Crippen LogP contribution in [0, 0.1) is 5.92 Å². The van der Waals surface area contributed by atoms with Gasteiger partial charge in [-0.3, -0.25) is 29.0 Å². The first-order valence-electron chi connectivity index (χ1n) is 16.3. The summed E-state index contributed by atoms with van der Waals surface area (Å²) in [6.07, 6.45) is -5.63. The van der Waals surface area contributed by atoms with Crippen molar-refractivity contribution in [2.45, 2.75) is 68.7 Å². The number of anilines is 2. The van der Waals surface area contributed by atoms with Gasteiger partial charge in [0.1, 0.15) is 24.5 Å². The van der Waals surface area contributed by atoms with Crippen LogP contribution in [0.1, 0.15) is 25.0 Å². The fourth-order valence-electron chi connectivity index (χ4n) is 10.5. The van der Waals surface area contributed by atoms with Gasteiger partial charge in [0.25, 0.3) is 23.6 Å². The molecule has 51 heavy (non-hydrogen) atoms. The molecule has 2 aromatic carbocycles. The van der Waals surface area contributed by atoms with E-state index in [9.17, 15) is 24.9 Å². The topological polar surface area (TPSA) is 166 Å². The van der Waals surface area contributed by atoms with E-state index < -0.39 is 79.2 Å². The average molecular weight is 805 g/mol. The number of nitrogens with zero attached hydrogens (tertiary/aromatic N) is 4. The van der Waals surface area contributed by atoms with E-state index in [1.54, 1.807) is 13.1 Å². The molecule has 268 valence electrons. The first kappa shape index (κ1) is 33.5. The van der Waals surface area contributed by atoms with Gasteiger partial charge in [-0.15, -0.1) is 0 Å². The third-order valence-electron chi connectivity index (χ3n) is 12.7. The minimum atomic E-state index is -1.89. The summed E-state index contributed by atoms with van der Waals surface area (Å²) in [6, 6.07) is 14.6. The molecule has 10 heterocycles. The Morgan fingerprint density at radius 3 is 1.73 bits per heavy atom. The van der Waals surface area contributed by atoms with E-state index in [2.05, 4.69) is 10.6 Å². The zero-order chi connectivity index (χ0) is 35.8. The Morgan fingerprint density at radius 1 is 0.686 bits per heavy atom. The number of fused-ring (bicyclic) bond motifs is 13. The molecule has 0 aromatic heterocycles. The Hall–Kier alpha value is -2.10. The largest absolute Gasteiger partial charge is 0.392 e. The smallest absolute Gasteiger partial charge is 0.265 e. The fraction of sp³-hybridized carbons (Fsp3) is 0.500. The molecule has 0 saturated carbocycles. The van der Waals surface area contributed by atoms with Crippen LogP contribution < -0.4 is 10.6 Å². The molecule has 12 rings (SSSR count). The Morgan fingerprint density at radius 2 is 1.18 bits per heavy atom. The lowest BCUT2D eigenvalue weighted by atomic mass is 9.52. The summed E-state index contributed by atoms with van der Waals surface area (Å²) in [5.41, 5.74) is -1.21. The maximum absolute atomic E-state index is 15.5. The van der Waals surface area contributed by atoms with Crippen molar-refractivity contribution in [2.75, 3.05) is 31.3 Å². The summed E-state index contributed by atoms with van der Waals surface area (Å²) in [5, 5.41) is 44.9. The highest BCUT2D eigenvalue weighted by molar-refractivity contribution is 9.26. The minimum Gasteiger partial charge on any atom is -0.392 e. The summed E-state index contributed by atoms with van der Waals surface area (Å²) < 4.78 is 0. The van der Waals surface area contributed by atoms with Crippen molar-refractivity contribution in [1.29, 1.82) is 0 Å². The lowest BCUT2D eigenvalue weighted by Gasteiger charge is -2.58. The number of carbonyl (C=O) groups is 4. The van der Waals surface area contributed by atoms with E-state index in [1.807, 2.05) is 56.3 Å². The van der Waals surface area contributed by atoms with Crippen molar-refractivity contribution < 1.29 is 34.5 Å². The van der Waals surface area contributed by atoms with E-state index in [1.165, 1.54) is 57.1 Å².